The summed E-state index contributed by atoms with van der Waals surface area (Å²) in [6, 6.07) is 45.1. The molecule has 0 aliphatic rings. The van der Waals surface area contributed by atoms with Crippen molar-refractivity contribution in [3.8, 4) is 45.4 Å². The van der Waals surface area contributed by atoms with E-state index in [1.807, 2.05) is 84.9 Å². The van der Waals surface area contributed by atoms with Crippen molar-refractivity contribution >= 4 is 32.4 Å². The van der Waals surface area contributed by atoms with Crippen LogP contribution in [0.4, 0.5) is 4.39 Å². The normalized spacial score (nSPS) is 11.4. The Morgan fingerprint density at radius 1 is 0.395 bits per heavy atom. The summed E-state index contributed by atoms with van der Waals surface area (Å²) in [6.45, 7) is 0. The average Bonchev–Trinajstić information content (AvgIpc) is 3.08. The highest BCUT2D eigenvalue weighted by Gasteiger charge is 2.19. The molecule has 2 aromatic heterocycles. The van der Waals surface area contributed by atoms with Crippen LogP contribution in [-0.4, -0.2) is 19.9 Å². The van der Waals surface area contributed by atoms with Gasteiger partial charge in [0.05, 0.1) is 11.2 Å². The molecule has 0 spiro atoms. The average molecular weight is 555 g/mol. The smallest absolute Gasteiger partial charge is 0.164 e. The maximum Gasteiger partial charge on any atom is 0.164 e. The molecule has 0 N–H and O–H groups in total. The fourth-order valence-electron chi connectivity index (χ4n) is 5.76. The van der Waals surface area contributed by atoms with Gasteiger partial charge in [-0.1, -0.05) is 103 Å². The Labute approximate surface area is 247 Å². The molecule has 0 amide bonds. The SMILES string of the molecule is Fc1ccc(-c2nc3ccccc3c3c2cc(-c2nc(-c4ccccc4)nc(-c4ccccc4)n2)c2ccccc23)cc1. The van der Waals surface area contributed by atoms with Gasteiger partial charge in [-0.2, -0.15) is 0 Å². The molecule has 202 valence electrons. The number of para-hydroxylation sites is 1. The van der Waals surface area contributed by atoms with E-state index in [4.69, 9.17) is 19.9 Å². The van der Waals surface area contributed by atoms with Crippen LogP contribution in [0.2, 0.25) is 0 Å². The fraction of sp³-hybridized carbons (Fsp3) is 0. The van der Waals surface area contributed by atoms with Crippen LogP contribution in [0.5, 0.6) is 0 Å². The van der Waals surface area contributed by atoms with E-state index in [9.17, 15) is 4.39 Å². The van der Waals surface area contributed by atoms with Crippen molar-refractivity contribution in [3.63, 3.8) is 0 Å². The van der Waals surface area contributed by atoms with E-state index in [1.165, 1.54) is 12.1 Å². The van der Waals surface area contributed by atoms with Gasteiger partial charge in [0.15, 0.2) is 17.5 Å². The minimum absolute atomic E-state index is 0.285. The molecule has 5 heteroatoms. The number of hydrogen-bond acceptors (Lipinski definition) is 4. The van der Waals surface area contributed by atoms with E-state index >= 15 is 0 Å². The highest BCUT2D eigenvalue weighted by atomic mass is 19.1. The zero-order valence-electron chi connectivity index (χ0n) is 22.9. The van der Waals surface area contributed by atoms with E-state index in [1.54, 1.807) is 12.1 Å². The van der Waals surface area contributed by atoms with Crippen LogP contribution in [0.3, 0.4) is 0 Å². The van der Waals surface area contributed by atoms with Crippen molar-refractivity contribution < 1.29 is 4.39 Å². The topological polar surface area (TPSA) is 51.6 Å². The predicted octanol–water partition coefficient (Wildman–Crippen LogP) is 9.53. The molecule has 0 radical (unpaired) electrons. The quantitative estimate of drug-likeness (QED) is 0.203. The maximum atomic E-state index is 14.0. The molecule has 8 rings (SSSR count). The van der Waals surface area contributed by atoms with E-state index in [2.05, 4.69) is 30.3 Å². The Kier molecular flexibility index (Phi) is 5.93. The fourth-order valence-corrected chi connectivity index (χ4v) is 5.76. The van der Waals surface area contributed by atoms with Crippen LogP contribution >= 0.6 is 0 Å². The van der Waals surface area contributed by atoms with Crippen molar-refractivity contribution in [1.29, 1.82) is 0 Å². The van der Waals surface area contributed by atoms with Gasteiger partial charge in [0.25, 0.3) is 0 Å². The summed E-state index contributed by atoms with van der Waals surface area (Å²) in [5.41, 5.74) is 5.19. The molecular formula is C38H23FN4. The number of fused-ring (bicyclic) bond motifs is 5. The molecule has 0 unspecified atom stereocenters. The summed E-state index contributed by atoms with van der Waals surface area (Å²) in [6.07, 6.45) is 0. The Bertz CT molecular complexity index is 2230. The molecule has 0 bridgehead atoms. The summed E-state index contributed by atoms with van der Waals surface area (Å²) in [5.74, 6) is 1.49. The largest absolute Gasteiger partial charge is 0.247 e. The zero-order valence-corrected chi connectivity index (χ0v) is 22.9. The van der Waals surface area contributed by atoms with E-state index in [-0.39, 0.29) is 5.82 Å². The third-order valence-electron chi connectivity index (χ3n) is 7.76. The minimum Gasteiger partial charge on any atom is -0.247 e. The lowest BCUT2D eigenvalue weighted by molar-refractivity contribution is 0.628. The van der Waals surface area contributed by atoms with Crippen LogP contribution < -0.4 is 0 Å². The lowest BCUT2D eigenvalue weighted by atomic mass is 9.92. The van der Waals surface area contributed by atoms with Gasteiger partial charge in [-0.25, -0.2) is 24.3 Å². The van der Waals surface area contributed by atoms with Crippen LogP contribution in [0.25, 0.3) is 77.9 Å². The molecule has 43 heavy (non-hydrogen) atoms. The maximum absolute atomic E-state index is 14.0. The Morgan fingerprint density at radius 2 is 0.930 bits per heavy atom. The molecule has 0 aliphatic heterocycles. The number of hydrogen-bond donors (Lipinski definition) is 0. The second kappa shape index (κ2) is 10.2. The predicted molar refractivity (Wildman–Crippen MR) is 172 cm³/mol. The number of benzene rings is 6. The van der Waals surface area contributed by atoms with E-state index in [0.29, 0.717) is 17.5 Å². The van der Waals surface area contributed by atoms with Crippen molar-refractivity contribution in [1.82, 2.24) is 19.9 Å². The standard InChI is InChI=1S/C38H23FN4/c39-27-21-19-24(20-22-27)35-32-23-31(28-15-7-8-16-29(28)34(32)30-17-9-10-18-33(30)40-35)38-42-36(25-11-3-1-4-12-25)41-37(43-38)26-13-5-2-6-14-26/h1-23H. The molecule has 2 heterocycles. The number of nitrogens with zero attached hydrogens (tertiary/aromatic N) is 4. The third-order valence-corrected chi connectivity index (χ3v) is 7.76. The first kappa shape index (κ1) is 24.9. The van der Waals surface area contributed by atoms with Crippen LogP contribution in [-0.2, 0) is 0 Å². The Hall–Kier alpha value is -5.81. The zero-order chi connectivity index (χ0) is 28.8. The monoisotopic (exact) mass is 554 g/mol. The minimum atomic E-state index is -0.285. The molecule has 6 aromatic carbocycles. The third kappa shape index (κ3) is 4.39. The number of pyridine rings is 1. The van der Waals surface area contributed by atoms with Crippen LogP contribution in [0, 0.1) is 5.82 Å². The first-order valence-electron chi connectivity index (χ1n) is 14.1. The number of aromatic nitrogens is 4. The van der Waals surface area contributed by atoms with Gasteiger partial charge in [-0.15, -0.1) is 0 Å². The van der Waals surface area contributed by atoms with Crippen LogP contribution in [0.15, 0.2) is 140 Å². The van der Waals surface area contributed by atoms with Crippen molar-refractivity contribution in [2.24, 2.45) is 0 Å². The van der Waals surface area contributed by atoms with Gasteiger partial charge in [0.2, 0.25) is 0 Å². The highest BCUT2D eigenvalue weighted by Crippen LogP contribution is 2.41. The summed E-state index contributed by atoms with van der Waals surface area (Å²) in [5, 5.41) is 5.18. The second-order valence-electron chi connectivity index (χ2n) is 10.4. The molecule has 4 nitrogen and oxygen atoms in total. The summed E-state index contributed by atoms with van der Waals surface area (Å²) < 4.78 is 14.0. The lowest BCUT2D eigenvalue weighted by Gasteiger charge is -2.16. The summed E-state index contributed by atoms with van der Waals surface area (Å²) in [4.78, 5) is 20.1. The molecule has 8 aromatic rings. The van der Waals surface area contributed by atoms with E-state index in [0.717, 1.165) is 60.4 Å². The van der Waals surface area contributed by atoms with E-state index < -0.39 is 0 Å². The summed E-state index contributed by atoms with van der Waals surface area (Å²) in [7, 11) is 0. The number of halogens is 1. The molecule has 0 fully saturated rings. The molecule has 0 saturated heterocycles. The van der Waals surface area contributed by atoms with Crippen molar-refractivity contribution in [2.45, 2.75) is 0 Å². The van der Waals surface area contributed by atoms with Gasteiger partial charge in [0, 0.05) is 38.4 Å². The molecule has 0 aliphatic carbocycles. The first-order chi connectivity index (χ1) is 21.2. The van der Waals surface area contributed by atoms with Gasteiger partial charge in [-0.3, -0.25) is 0 Å². The van der Waals surface area contributed by atoms with Crippen molar-refractivity contribution in [3.05, 3.63) is 145 Å². The summed E-state index contributed by atoms with van der Waals surface area (Å²) >= 11 is 0. The van der Waals surface area contributed by atoms with Gasteiger partial charge >= 0.3 is 0 Å². The molecule has 0 saturated carbocycles. The molecule has 0 atom stereocenters. The highest BCUT2D eigenvalue weighted by molar-refractivity contribution is 6.25. The molecular weight excluding hydrogens is 531 g/mol. The van der Waals surface area contributed by atoms with Crippen LogP contribution in [0.1, 0.15) is 0 Å². The lowest BCUT2D eigenvalue weighted by Crippen LogP contribution is -2.01. The second-order valence-corrected chi connectivity index (χ2v) is 10.4. The van der Waals surface area contributed by atoms with Gasteiger partial charge in [-0.05, 0) is 47.2 Å². The number of rotatable bonds is 4. The van der Waals surface area contributed by atoms with Gasteiger partial charge < -0.3 is 0 Å². The Balaban J connectivity index is 1.50. The van der Waals surface area contributed by atoms with Gasteiger partial charge in [0.1, 0.15) is 5.82 Å². The van der Waals surface area contributed by atoms with Crippen molar-refractivity contribution in [2.75, 3.05) is 0 Å². The first-order valence-corrected chi connectivity index (χ1v) is 14.1. The Morgan fingerprint density at radius 3 is 1.58 bits per heavy atom.